The molecule has 0 N–H and O–H groups in total. The number of aromatic nitrogens is 1. The van der Waals surface area contributed by atoms with Crippen molar-refractivity contribution in [3.05, 3.63) is 53.2 Å². The molecule has 0 unspecified atom stereocenters. The summed E-state index contributed by atoms with van der Waals surface area (Å²) < 4.78 is 5.70. The zero-order valence-corrected chi connectivity index (χ0v) is 10.7. The second kappa shape index (κ2) is 5.00. The highest BCUT2D eigenvalue weighted by molar-refractivity contribution is 5.96. The Kier molecular flexibility index (Phi) is 3.42. The van der Waals surface area contributed by atoms with Crippen molar-refractivity contribution in [2.75, 3.05) is 0 Å². The lowest BCUT2D eigenvalue weighted by Gasteiger charge is -2.09. The lowest BCUT2D eigenvalue weighted by molar-refractivity contribution is 0.101. The first-order chi connectivity index (χ1) is 8.56. The van der Waals surface area contributed by atoms with E-state index in [0.29, 0.717) is 17.2 Å². The van der Waals surface area contributed by atoms with Gasteiger partial charge in [-0.3, -0.25) is 4.79 Å². The van der Waals surface area contributed by atoms with E-state index in [1.807, 2.05) is 26.0 Å². The largest absolute Gasteiger partial charge is 0.438 e. The van der Waals surface area contributed by atoms with Gasteiger partial charge in [-0.25, -0.2) is 4.98 Å². The van der Waals surface area contributed by atoms with Gasteiger partial charge in [-0.1, -0.05) is 6.07 Å². The van der Waals surface area contributed by atoms with E-state index in [0.717, 1.165) is 11.1 Å². The second-order valence-corrected chi connectivity index (χ2v) is 4.34. The van der Waals surface area contributed by atoms with Gasteiger partial charge >= 0.3 is 0 Å². The van der Waals surface area contributed by atoms with Crippen LogP contribution < -0.4 is 4.74 Å². The Balaban J connectivity index is 2.37. The Hall–Kier alpha value is -2.16. The van der Waals surface area contributed by atoms with E-state index in [4.69, 9.17) is 4.74 Å². The van der Waals surface area contributed by atoms with Crippen molar-refractivity contribution in [3.8, 4) is 11.6 Å². The number of aryl methyl sites for hydroxylation is 2. The Morgan fingerprint density at radius 2 is 1.83 bits per heavy atom. The van der Waals surface area contributed by atoms with Crippen molar-refractivity contribution in [2.24, 2.45) is 0 Å². The molecule has 0 saturated carbocycles. The van der Waals surface area contributed by atoms with Crippen molar-refractivity contribution in [1.82, 2.24) is 4.98 Å². The molecule has 18 heavy (non-hydrogen) atoms. The Morgan fingerprint density at radius 3 is 2.44 bits per heavy atom. The number of carbonyl (C=O) groups is 1. The molecule has 92 valence electrons. The molecule has 0 saturated heterocycles. The molecule has 3 nitrogen and oxygen atoms in total. The first-order valence-electron chi connectivity index (χ1n) is 5.78. The fraction of sp³-hybridized carbons (Fsp3) is 0.200. The van der Waals surface area contributed by atoms with Crippen LogP contribution in [0.15, 0.2) is 36.5 Å². The number of hydrogen-bond donors (Lipinski definition) is 0. The first kappa shape index (κ1) is 12.3. The third-order valence-corrected chi connectivity index (χ3v) is 2.56. The molecule has 0 amide bonds. The molecule has 0 aliphatic carbocycles. The Labute approximate surface area is 106 Å². The zero-order valence-electron chi connectivity index (χ0n) is 10.7. The quantitative estimate of drug-likeness (QED) is 0.769. The summed E-state index contributed by atoms with van der Waals surface area (Å²) in [5.41, 5.74) is 2.73. The second-order valence-electron chi connectivity index (χ2n) is 4.34. The third kappa shape index (κ3) is 2.74. The number of rotatable bonds is 3. The molecular weight excluding hydrogens is 226 g/mol. The molecule has 2 aromatic rings. The van der Waals surface area contributed by atoms with Gasteiger partial charge in [0.1, 0.15) is 5.75 Å². The minimum Gasteiger partial charge on any atom is -0.438 e. The number of hydrogen-bond acceptors (Lipinski definition) is 3. The molecule has 1 aromatic heterocycles. The third-order valence-electron chi connectivity index (χ3n) is 2.56. The molecule has 2 rings (SSSR count). The fourth-order valence-corrected chi connectivity index (χ4v) is 1.84. The fourth-order valence-electron chi connectivity index (χ4n) is 1.84. The van der Waals surface area contributed by atoms with Crippen LogP contribution in [0.3, 0.4) is 0 Å². The van der Waals surface area contributed by atoms with Gasteiger partial charge in [0.2, 0.25) is 5.88 Å². The van der Waals surface area contributed by atoms with E-state index < -0.39 is 0 Å². The van der Waals surface area contributed by atoms with Gasteiger partial charge in [0, 0.05) is 6.20 Å². The molecule has 1 heterocycles. The molecule has 0 bridgehead atoms. The maximum Gasteiger partial charge on any atom is 0.230 e. The maximum atomic E-state index is 11.5. The van der Waals surface area contributed by atoms with Crippen molar-refractivity contribution in [3.63, 3.8) is 0 Å². The van der Waals surface area contributed by atoms with Gasteiger partial charge < -0.3 is 4.74 Å². The molecule has 3 heteroatoms. The summed E-state index contributed by atoms with van der Waals surface area (Å²) in [5, 5.41) is 0. The van der Waals surface area contributed by atoms with Gasteiger partial charge in [0.25, 0.3) is 0 Å². The van der Waals surface area contributed by atoms with E-state index in [-0.39, 0.29) is 5.78 Å². The molecule has 1 aromatic carbocycles. The van der Waals surface area contributed by atoms with Gasteiger partial charge in [0.05, 0.1) is 5.56 Å². The molecule has 0 aliphatic rings. The van der Waals surface area contributed by atoms with Crippen LogP contribution in [0.2, 0.25) is 0 Å². The minimum absolute atomic E-state index is 0.0533. The SMILES string of the molecule is CC(=O)c1cccnc1Oc1cc(C)cc(C)c1. The minimum atomic E-state index is -0.0533. The summed E-state index contributed by atoms with van der Waals surface area (Å²) in [5.74, 6) is 1.01. The lowest BCUT2D eigenvalue weighted by Crippen LogP contribution is -1.99. The molecule has 0 atom stereocenters. The number of carbonyl (C=O) groups excluding carboxylic acids is 1. The number of benzene rings is 1. The summed E-state index contributed by atoms with van der Waals surface area (Å²) in [7, 11) is 0. The summed E-state index contributed by atoms with van der Waals surface area (Å²) in [6.45, 7) is 5.51. The summed E-state index contributed by atoms with van der Waals surface area (Å²) in [6.07, 6.45) is 1.62. The Bertz CT molecular complexity index is 571. The average Bonchev–Trinajstić information content (AvgIpc) is 2.27. The van der Waals surface area contributed by atoms with Crippen LogP contribution in [0, 0.1) is 13.8 Å². The van der Waals surface area contributed by atoms with Crippen LogP contribution in [-0.4, -0.2) is 10.8 Å². The predicted molar refractivity (Wildman–Crippen MR) is 70.2 cm³/mol. The monoisotopic (exact) mass is 241 g/mol. The number of ketones is 1. The van der Waals surface area contributed by atoms with Gasteiger partial charge in [-0.2, -0.15) is 0 Å². The number of nitrogens with zero attached hydrogens (tertiary/aromatic N) is 1. The van der Waals surface area contributed by atoms with E-state index >= 15 is 0 Å². The normalized spacial score (nSPS) is 10.2. The summed E-state index contributed by atoms with van der Waals surface area (Å²) in [4.78, 5) is 15.6. The smallest absolute Gasteiger partial charge is 0.230 e. The predicted octanol–water partition coefficient (Wildman–Crippen LogP) is 3.69. The van der Waals surface area contributed by atoms with Gasteiger partial charge in [-0.05, 0) is 56.2 Å². The van der Waals surface area contributed by atoms with Crippen molar-refractivity contribution < 1.29 is 9.53 Å². The maximum absolute atomic E-state index is 11.5. The number of pyridine rings is 1. The summed E-state index contributed by atoms with van der Waals surface area (Å²) >= 11 is 0. The average molecular weight is 241 g/mol. The first-order valence-corrected chi connectivity index (χ1v) is 5.78. The highest BCUT2D eigenvalue weighted by Crippen LogP contribution is 2.25. The van der Waals surface area contributed by atoms with Crippen molar-refractivity contribution >= 4 is 5.78 Å². The van der Waals surface area contributed by atoms with Crippen LogP contribution >= 0.6 is 0 Å². The molecule has 0 aliphatic heterocycles. The molecule has 0 radical (unpaired) electrons. The highest BCUT2D eigenvalue weighted by Gasteiger charge is 2.10. The van der Waals surface area contributed by atoms with Crippen LogP contribution in [0.25, 0.3) is 0 Å². The molecule has 0 spiro atoms. The van der Waals surface area contributed by atoms with Crippen molar-refractivity contribution in [2.45, 2.75) is 20.8 Å². The van der Waals surface area contributed by atoms with E-state index in [1.54, 1.807) is 18.3 Å². The number of Topliss-reactive ketones (excluding diaryl/α,β-unsaturated/α-hetero) is 1. The van der Waals surface area contributed by atoms with Crippen LogP contribution in [-0.2, 0) is 0 Å². The summed E-state index contributed by atoms with van der Waals surface area (Å²) in [6, 6.07) is 9.35. The van der Waals surface area contributed by atoms with Crippen LogP contribution in [0.4, 0.5) is 0 Å². The standard InChI is InChI=1S/C15H15NO2/c1-10-7-11(2)9-13(8-10)18-15-14(12(3)17)5-4-6-16-15/h4-9H,1-3H3. The van der Waals surface area contributed by atoms with Gasteiger partial charge in [0.15, 0.2) is 5.78 Å². The van der Waals surface area contributed by atoms with Crippen molar-refractivity contribution in [1.29, 1.82) is 0 Å². The zero-order chi connectivity index (χ0) is 13.1. The van der Waals surface area contributed by atoms with Crippen LogP contribution in [0.1, 0.15) is 28.4 Å². The lowest BCUT2D eigenvalue weighted by atomic mass is 10.1. The van der Waals surface area contributed by atoms with Crippen LogP contribution in [0.5, 0.6) is 11.6 Å². The Morgan fingerprint density at radius 1 is 1.17 bits per heavy atom. The van der Waals surface area contributed by atoms with E-state index in [9.17, 15) is 4.79 Å². The number of ether oxygens (including phenoxy) is 1. The highest BCUT2D eigenvalue weighted by atomic mass is 16.5. The molecular formula is C15H15NO2. The van der Waals surface area contributed by atoms with Gasteiger partial charge in [-0.15, -0.1) is 0 Å². The topological polar surface area (TPSA) is 39.2 Å². The van der Waals surface area contributed by atoms with E-state index in [2.05, 4.69) is 11.1 Å². The molecule has 0 fully saturated rings. The van der Waals surface area contributed by atoms with E-state index in [1.165, 1.54) is 6.92 Å².